The van der Waals surface area contributed by atoms with Crippen LogP contribution in [0, 0.1) is 11.2 Å². The van der Waals surface area contributed by atoms with E-state index in [-0.39, 0.29) is 35.1 Å². The summed E-state index contributed by atoms with van der Waals surface area (Å²) in [7, 11) is -3.10. The molecule has 0 spiro atoms. The minimum atomic E-state index is -3.10. The fourth-order valence-corrected chi connectivity index (χ4v) is 6.64. The molecule has 6 nitrogen and oxygen atoms in total. The molecular weight excluding hydrogens is 395 g/mol. The quantitative estimate of drug-likeness (QED) is 0.759. The molecule has 1 N–H and O–H groups in total. The minimum Gasteiger partial charge on any atom is -0.352 e. The van der Waals surface area contributed by atoms with E-state index in [2.05, 4.69) is 5.32 Å². The summed E-state index contributed by atoms with van der Waals surface area (Å²) in [6.45, 7) is 0.324. The molecule has 0 radical (unpaired) electrons. The number of carbonyl (C=O) groups excluding carboxylic acids is 2. The van der Waals surface area contributed by atoms with Crippen LogP contribution in [0.15, 0.2) is 36.4 Å². The Labute approximate surface area is 170 Å². The third-order valence-electron chi connectivity index (χ3n) is 6.45. The van der Waals surface area contributed by atoms with Crippen molar-refractivity contribution in [1.82, 2.24) is 10.2 Å². The summed E-state index contributed by atoms with van der Waals surface area (Å²) < 4.78 is 37.8. The van der Waals surface area contributed by atoms with E-state index in [9.17, 15) is 22.4 Å². The molecule has 0 bridgehead atoms. The number of benzene rings is 1. The molecule has 8 heteroatoms. The molecule has 2 fully saturated rings. The van der Waals surface area contributed by atoms with Crippen molar-refractivity contribution in [3.63, 3.8) is 0 Å². The number of sulfone groups is 1. The van der Waals surface area contributed by atoms with Crippen LogP contribution in [0.1, 0.15) is 42.5 Å². The van der Waals surface area contributed by atoms with E-state index >= 15 is 0 Å². The van der Waals surface area contributed by atoms with Gasteiger partial charge in [-0.05, 0) is 37.8 Å². The van der Waals surface area contributed by atoms with Gasteiger partial charge in [0, 0.05) is 18.6 Å². The van der Waals surface area contributed by atoms with Crippen LogP contribution in [-0.4, -0.2) is 55.3 Å². The van der Waals surface area contributed by atoms with Crippen LogP contribution < -0.4 is 5.32 Å². The van der Waals surface area contributed by atoms with Crippen molar-refractivity contribution in [2.75, 3.05) is 18.1 Å². The molecule has 3 atom stereocenters. The van der Waals surface area contributed by atoms with Gasteiger partial charge >= 0.3 is 0 Å². The molecule has 4 rings (SSSR count). The number of fused-ring (bicyclic) bond motifs is 1. The molecule has 1 aromatic carbocycles. The number of amides is 2. The highest BCUT2D eigenvalue weighted by atomic mass is 32.2. The molecule has 1 saturated heterocycles. The summed E-state index contributed by atoms with van der Waals surface area (Å²) in [6.07, 6.45) is 6.75. The number of nitrogens with zero attached hydrogens (tertiary/aromatic N) is 1. The topological polar surface area (TPSA) is 83.6 Å². The second-order valence-electron chi connectivity index (χ2n) is 8.25. The maximum Gasteiger partial charge on any atom is 0.257 e. The van der Waals surface area contributed by atoms with E-state index in [1.165, 1.54) is 18.2 Å². The fraction of sp³-hybridized carbons (Fsp3) is 0.524. The number of rotatable bonds is 3. The van der Waals surface area contributed by atoms with Gasteiger partial charge in [0.15, 0.2) is 9.84 Å². The van der Waals surface area contributed by atoms with Gasteiger partial charge in [-0.25, -0.2) is 12.8 Å². The minimum absolute atomic E-state index is 0.00546. The highest BCUT2D eigenvalue weighted by Gasteiger charge is 2.53. The maximum absolute atomic E-state index is 14.2. The Morgan fingerprint density at radius 3 is 2.69 bits per heavy atom. The predicted octanol–water partition coefficient (Wildman–Crippen LogP) is 2.07. The predicted molar refractivity (Wildman–Crippen MR) is 106 cm³/mol. The number of carbonyl (C=O) groups is 2. The first-order valence-electron chi connectivity index (χ1n) is 10.0. The lowest BCUT2D eigenvalue weighted by Gasteiger charge is -2.39. The third kappa shape index (κ3) is 3.70. The van der Waals surface area contributed by atoms with Crippen molar-refractivity contribution >= 4 is 21.7 Å². The molecule has 2 heterocycles. The van der Waals surface area contributed by atoms with E-state index in [0.717, 1.165) is 6.42 Å². The van der Waals surface area contributed by atoms with Gasteiger partial charge in [-0.15, -0.1) is 0 Å². The van der Waals surface area contributed by atoms with Gasteiger partial charge in [-0.1, -0.05) is 30.7 Å². The first kappa shape index (κ1) is 20.1. The van der Waals surface area contributed by atoms with Crippen LogP contribution in [0.5, 0.6) is 0 Å². The monoisotopic (exact) mass is 420 g/mol. The van der Waals surface area contributed by atoms with E-state index in [1.807, 2.05) is 12.2 Å². The molecule has 0 aromatic heterocycles. The number of allylic oxidation sites excluding steroid dienone is 1. The molecule has 2 aliphatic heterocycles. The van der Waals surface area contributed by atoms with Gasteiger partial charge in [0.2, 0.25) is 5.91 Å². The number of nitrogens with one attached hydrogen (secondary N) is 1. The molecule has 156 valence electrons. The second-order valence-corrected chi connectivity index (χ2v) is 10.5. The van der Waals surface area contributed by atoms with E-state index in [1.54, 1.807) is 11.0 Å². The SMILES string of the molecule is O=C(c1ccccc1F)N1CC=CC[C@@]2(C(=O)N[C@H]3CCS(=O)(=O)C3)CCC[C@@H]12. The lowest BCUT2D eigenvalue weighted by atomic mass is 9.77. The first-order chi connectivity index (χ1) is 13.8. The van der Waals surface area contributed by atoms with Gasteiger partial charge in [-0.3, -0.25) is 9.59 Å². The van der Waals surface area contributed by atoms with Crippen LogP contribution in [-0.2, 0) is 14.6 Å². The summed E-state index contributed by atoms with van der Waals surface area (Å²) in [4.78, 5) is 28.1. The van der Waals surface area contributed by atoms with E-state index in [4.69, 9.17) is 0 Å². The second kappa shape index (κ2) is 7.55. The first-order valence-corrected chi connectivity index (χ1v) is 11.9. The molecule has 1 aliphatic carbocycles. The molecule has 29 heavy (non-hydrogen) atoms. The van der Waals surface area contributed by atoms with Crippen molar-refractivity contribution in [2.24, 2.45) is 5.41 Å². The van der Waals surface area contributed by atoms with Gasteiger partial charge in [0.05, 0.1) is 22.5 Å². The normalized spacial score (nSPS) is 30.6. The van der Waals surface area contributed by atoms with Crippen LogP contribution >= 0.6 is 0 Å². The lowest BCUT2D eigenvalue weighted by molar-refractivity contribution is -0.133. The van der Waals surface area contributed by atoms with Gasteiger partial charge in [0.25, 0.3) is 5.91 Å². The zero-order chi connectivity index (χ0) is 20.6. The lowest BCUT2D eigenvalue weighted by Crippen LogP contribution is -2.55. The van der Waals surface area contributed by atoms with Gasteiger partial charge < -0.3 is 10.2 Å². The molecule has 1 aromatic rings. The Morgan fingerprint density at radius 2 is 1.97 bits per heavy atom. The van der Waals surface area contributed by atoms with Crippen molar-refractivity contribution in [3.8, 4) is 0 Å². The Bertz CT molecular complexity index is 961. The Balaban J connectivity index is 1.61. The summed E-state index contributed by atoms with van der Waals surface area (Å²) >= 11 is 0. The molecule has 0 unspecified atom stereocenters. The standard InChI is InChI=1S/C21H25FN2O4S/c22-17-7-2-1-6-16(17)19(25)24-12-4-3-10-21(11-5-8-18(21)24)20(26)23-15-9-13-29(27,28)14-15/h1-4,6-7,15,18H,5,8-14H2,(H,23,26)/t15-,18+,21+/m0/s1. The van der Waals surface area contributed by atoms with Crippen molar-refractivity contribution in [3.05, 3.63) is 47.8 Å². The smallest absolute Gasteiger partial charge is 0.257 e. The molecular formula is C21H25FN2O4S. The highest BCUT2D eigenvalue weighted by Crippen LogP contribution is 2.46. The van der Waals surface area contributed by atoms with Crippen molar-refractivity contribution < 1.29 is 22.4 Å². The molecule has 2 amide bonds. The third-order valence-corrected chi connectivity index (χ3v) is 8.22. The summed E-state index contributed by atoms with van der Waals surface area (Å²) in [5, 5.41) is 2.94. The zero-order valence-corrected chi connectivity index (χ0v) is 17.0. The number of halogens is 1. The Kier molecular flexibility index (Phi) is 5.23. The fourth-order valence-electron chi connectivity index (χ4n) is 4.96. The average Bonchev–Trinajstić information content (AvgIpc) is 3.20. The van der Waals surface area contributed by atoms with Crippen LogP contribution in [0.3, 0.4) is 0 Å². The van der Waals surface area contributed by atoms with Gasteiger partial charge in [0.1, 0.15) is 5.82 Å². The largest absolute Gasteiger partial charge is 0.352 e. The number of hydrogen-bond acceptors (Lipinski definition) is 4. The average molecular weight is 421 g/mol. The van der Waals surface area contributed by atoms with Gasteiger partial charge in [-0.2, -0.15) is 0 Å². The van der Waals surface area contributed by atoms with Crippen molar-refractivity contribution in [1.29, 1.82) is 0 Å². The molecule has 1 saturated carbocycles. The van der Waals surface area contributed by atoms with Crippen molar-refractivity contribution in [2.45, 2.75) is 44.2 Å². The highest BCUT2D eigenvalue weighted by molar-refractivity contribution is 7.91. The summed E-state index contributed by atoms with van der Waals surface area (Å²) in [5.74, 6) is -1.13. The molecule has 3 aliphatic rings. The summed E-state index contributed by atoms with van der Waals surface area (Å²) in [6, 6.07) is 5.16. The summed E-state index contributed by atoms with van der Waals surface area (Å²) in [5.41, 5.74) is -0.800. The van der Waals surface area contributed by atoms with Crippen LogP contribution in [0.25, 0.3) is 0 Å². The Morgan fingerprint density at radius 1 is 1.17 bits per heavy atom. The number of hydrogen-bond donors (Lipinski definition) is 1. The van der Waals surface area contributed by atoms with E-state index < -0.39 is 27.0 Å². The zero-order valence-electron chi connectivity index (χ0n) is 16.1. The Hall–Kier alpha value is -2.22. The van der Waals surface area contributed by atoms with E-state index in [0.29, 0.717) is 32.2 Å². The van der Waals surface area contributed by atoms with Crippen LogP contribution in [0.2, 0.25) is 0 Å². The van der Waals surface area contributed by atoms with Crippen LogP contribution in [0.4, 0.5) is 4.39 Å². The maximum atomic E-state index is 14.2.